The molecule has 0 aromatic heterocycles. The topological polar surface area (TPSA) is 50.4 Å². The largest absolute Gasteiger partial charge is 0.370 e. The summed E-state index contributed by atoms with van der Waals surface area (Å²) in [7, 11) is 0. The Morgan fingerprint density at radius 1 is 1.24 bits per heavy atom. The summed E-state index contributed by atoms with van der Waals surface area (Å²) in [6.07, 6.45) is 9.85. The number of carbonyl (C=O) groups is 1. The predicted molar refractivity (Wildman–Crippen MR) is 85.3 cm³/mol. The van der Waals surface area contributed by atoms with Gasteiger partial charge in [0.15, 0.2) is 0 Å². The van der Waals surface area contributed by atoms with Gasteiger partial charge in [-0.3, -0.25) is 4.79 Å². The Kier molecular flexibility index (Phi) is 6.49. The summed E-state index contributed by atoms with van der Waals surface area (Å²) in [6.45, 7) is 6.62. The number of hydrogen-bond donors (Lipinski definition) is 2. The molecule has 1 atom stereocenters. The number of amides is 1. The lowest BCUT2D eigenvalue weighted by Gasteiger charge is -2.33. The maximum absolute atomic E-state index is 11.6. The van der Waals surface area contributed by atoms with Crippen molar-refractivity contribution in [2.75, 3.05) is 19.6 Å². The van der Waals surface area contributed by atoms with Crippen LogP contribution in [-0.4, -0.2) is 37.2 Å². The van der Waals surface area contributed by atoms with Gasteiger partial charge in [0.25, 0.3) is 0 Å². The summed E-state index contributed by atoms with van der Waals surface area (Å²) >= 11 is 0. The Morgan fingerprint density at radius 2 is 2.00 bits per heavy atom. The fourth-order valence-corrected chi connectivity index (χ4v) is 3.47. The van der Waals surface area contributed by atoms with E-state index in [1.807, 2.05) is 0 Å². The van der Waals surface area contributed by atoms with E-state index in [4.69, 9.17) is 4.74 Å². The number of hydrogen-bond acceptors (Lipinski definition) is 3. The average Bonchev–Trinajstić information content (AvgIpc) is 2.85. The van der Waals surface area contributed by atoms with Gasteiger partial charge in [0, 0.05) is 26.1 Å². The summed E-state index contributed by atoms with van der Waals surface area (Å²) in [5, 5.41) is 6.33. The van der Waals surface area contributed by atoms with Gasteiger partial charge in [-0.2, -0.15) is 0 Å². The van der Waals surface area contributed by atoms with Gasteiger partial charge in [-0.25, -0.2) is 0 Å². The molecule has 0 aromatic rings. The average molecular weight is 296 g/mol. The van der Waals surface area contributed by atoms with Crippen molar-refractivity contribution in [1.82, 2.24) is 10.6 Å². The van der Waals surface area contributed by atoms with Gasteiger partial charge in [-0.1, -0.05) is 33.1 Å². The molecule has 1 saturated carbocycles. The molecular formula is C17H32N2O2. The molecule has 1 heterocycles. The van der Waals surface area contributed by atoms with Crippen LogP contribution in [0.25, 0.3) is 0 Å². The number of carbonyl (C=O) groups excluding carboxylic acids is 1. The van der Waals surface area contributed by atoms with Gasteiger partial charge in [-0.15, -0.1) is 0 Å². The van der Waals surface area contributed by atoms with Crippen molar-refractivity contribution in [3.63, 3.8) is 0 Å². The second-order valence-corrected chi connectivity index (χ2v) is 7.17. The minimum absolute atomic E-state index is 0.146. The Hall–Kier alpha value is -0.610. The molecule has 4 nitrogen and oxygen atoms in total. The highest BCUT2D eigenvalue weighted by Crippen LogP contribution is 2.41. The molecule has 2 N–H and O–H groups in total. The summed E-state index contributed by atoms with van der Waals surface area (Å²) in [5.74, 6) is 0.660. The van der Waals surface area contributed by atoms with E-state index in [0.29, 0.717) is 18.4 Å². The minimum atomic E-state index is 0.146. The molecule has 2 fully saturated rings. The van der Waals surface area contributed by atoms with Crippen LogP contribution in [0.2, 0.25) is 0 Å². The number of ether oxygens (including phenoxy) is 1. The van der Waals surface area contributed by atoms with Crippen molar-refractivity contribution in [3.05, 3.63) is 0 Å². The lowest BCUT2D eigenvalue weighted by Crippen LogP contribution is -2.36. The molecule has 2 rings (SSSR count). The Balaban J connectivity index is 1.54. The predicted octanol–water partition coefficient (Wildman–Crippen LogP) is 2.62. The fourth-order valence-electron chi connectivity index (χ4n) is 3.47. The van der Waals surface area contributed by atoms with E-state index in [0.717, 1.165) is 19.6 Å². The van der Waals surface area contributed by atoms with Crippen molar-refractivity contribution in [1.29, 1.82) is 0 Å². The molecule has 0 bridgehead atoms. The van der Waals surface area contributed by atoms with Gasteiger partial charge < -0.3 is 15.4 Å². The molecule has 0 radical (unpaired) electrons. The zero-order valence-corrected chi connectivity index (χ0v) is 13.7. The van der Waals surface area contributed by atoms with Crippen LogP contribution in [0.5, 0.6) is 0 Å². The van der Waals surface area contributed by atoms with Crippen molar-refractivity contribution >= 4 is 5.91 Å². The van der Waals surface area contributed by atoms with Crippen LogP contribution < -0.4 is 10.6 Å². The third-order valence-electron chi connectivity index (χ3n) is 4.71. The first-order valence-electron chi connectivity index (χ1n) is 8.75. The molecule has 1 aliphatic heterocycles. The second kappa shape index (κ2) is 8.14. The van der Waals surface area contributed by atoms with E-state index in [2.05, 4.69) is 24.5 Å². The highest BCUT2D eigenvalue weighted by Gasteiger charge is 2.40. The Morgan fingerprint density at radius 3 is 2.71 bits per heavy atom. The van der Waals surface area contributed by atoms with Crippen molar-refractivity contribution in [2.45, 2.75) is 76.9 Å². The van der Waals surface area contributed by atoms with Gasteiger partial charge in [0.2, 0.25) is 5.91 Å². The molecule has 1 amide bonds. The molecule has 122 valence electrons. The molecule has 2 aliphatic rings. The van der Waals surface area contributed by atoms with Crippen LogP contribution in [0, 0.1) is 5.92 Å². The third-order valence-corrected chi connectivity index (χ3v) is 4.71. The lowest BCUT2D eigenvalue weighted by atomic mass is 9.83. The highest BCUT2D eigenvalue weighted by molar-refractivity contribution is 5.76. The molecule has 1 unspecified atom stereocenters. The summed E-state index contributed by atoms with van der Waals surface area (Å²) in [6, 6.07) is 0. The molecule has 0 aromatic carbocycles. The molecule has 4 heteroatoms. The minimum Gasteiger partial charge on any atom is -0.370 e. The zero-order valence-electron chi connectivity index (χ0n) is 13.7. The highest BCUT2D eigenvalue weighted by atomic mass is 16.5. The van der Waals surface area contributed by atoms with Crippen LogP contribution in [0.1, 0.15) is 65.2 Å². The van der Waals surface area contributed by atoms with Crippen molar-refractivity contribution < 1.29 is 9.53 Å². The molecule has 1 aliphatic carbocycles. The smallest absolute Gasteiger partial charge is 0.221 e. The Labute approximate surface area is 129 Å². The maximum atomic E-state index is 11.6. The van der Waals surface area contributed by atoms with Crippen LogP contribution in [0.15, 0.2) is 0 Å². The van der Waals surface area contributed by atoms with Crippen molar-refractivity contribution in [2.24, 2.45) is 5.92 Å². The van der Waals surface area contributed by atoms with Crippen LogP contribution in [-0.2, 0) is 9.53 Å². The van der Waals surface area contributed by atoms with Gasteiger partial charge >= 0.3 is 0 Å². The normalized spacial score (nSPS) is 24.6. The van der Waals surface area contributed by atoms with Crippen LogP contribution in [0.4, 0.5) is 0 Å². The quantitative estimate of drug-likeness (QED) is 0.710. The maximum Gasteiger partial charge on any atom is 0.221 e. The summed E-state index contributed by atoms with van der Waals surface area (Å²) < 4.78 is 6.31. The lowest BCUT2D eigenvalue weighted by molar-refractivity contribution is -0.121. The van der Waals surface area contributed by atoms with E-state index >= 15 is 0 Å². The van der Waals surface area contributed by atoms with E-state index < -0.39 is 0 Å². The molecular weight excluding hydrogens is 264 g/mol. The Bertz CT molecular complexity index is 325. The van der Waals surface area contributed by atoms with E-state index in [9.17, 15) is 4.79 Å². The summed E-state index contributed by atoms with van der Waals surface area (Å²) in [4.78, 5) is 11.6. The first-order valence-corrected chi connectivity index (χ1v) is 8.75. The SMILES string of the molecule is CC(C)CNC(=O)CCNCC1CCC2(CCCCC2)O1. The number of nitrogens with one attached hydrogen (secondary N) is 2. The van der Waals surface area contributed by atoms with E-state index in [1.165, 1.54) is 44.9 Å². The zero-order chi connectivity index (χ0) is 15.1. The first kappa shape index (κ1) is 16.8. The third kappa shape index (κ3) is 5.59. The van der Waals surface area contributed by atoms with Gasteiger partial charge in [0.1, 0.15) is 0 Å². The standard InChI is InChI=1S/C17H32N2O2/c1-14(2)12-19-16(20)7-11-18-13-15-6-10-17(21-15)8-4-3-5-9-17/h14-15,18H,3-13H2,1-2H3,(H,19,20). The number of rotatable bonds is 7. The molecule has 21 heavy (non-hydrogen) atoms. The van der Waals surface area contributed by atoms with Crippen LogP contribution in [0.3, 0.4) is 0 Å². The van der Waals surface area contributed by atoms with Gasteiger partial charge in [-0.05, 0) is 31.6 Å². The molecule has 1 spiro atoms. The van der Waals surface area contributed by atoms with E-state index in [1.54, 1.807) is 0 Å². The molecule has 1 saturated heterocycles. The first-order chi connectivity index (χ1) is 10.1. The van der Waals surface area contributed by atoms with Crippen molar-refractivity contribution in [3.8, 4) is 0 Å². The van der Waals surface area contributed by atoms with Gasteiger partial charge in [0.05, 0.1) is 11.7 Å². The van der Waals surface area contributed by atoms with E-state index in [-0.39, 0.29) is 11.5 Å². The monoisotopic (exact) mass is 296 g/mol. The fraction of sp³-hybridized carbons (Fsp3) is 0.941. The summed E-state index contributed by atoms with van der Waals surface area (Å²) in [5.41, 5.74) is 0.208. The van der Waals surface area contributed by atoms with Crippen LogP contribution >= 0.6 is 0 Å². The second-order valence-electron chi connectivity index (χ2n) is 7.17.